The minimum Gasteiger partial charge on any atom is -0.284 e. The first-order valence-electron chi connectivity index (χ1n) is 6.32. The highest BCUT2D eigenvalue weighted by molar-refractivity contribution is 8.03. The second-order valence-corrected chi connectivity index (χ2v) is 8.37. The van der Waals surface area contributed by atoms with Crippen molar-refractivity contribution in [3.63, 3.8) is 0 Å². The van der Waals surface area contributed by atoms with Crippen molar-refractivity contribution in [3.05, 3.63) is 59.2 Å². The zero-order valence-electron chi connectivity index (χ0n) is 11.2. The molecule has 2 aromatic rings. The standard InChI is InChI=1S/C14H12O6S2/c15-21(16,17)14(22(18,19)20)12-7-3-6-11-10-5-2-1-4-9(10)8-13(11)12/h1-7,14H,8H2,(H,15,16,17)(H,18,19,20). The second kappa shape index (κ2) is 4.88. The van der Waals surface area contributed by atoms with Crippen LogP contribution in [0.2, 0.25) is 0 Å². The first-order chi connectivity index (χ1) is 10.2. The van der Waals surface area contributed by atoms with Gasteiger partial charge in [-0.3, -0.25) is 9.11 Å². The summed E-state index contributed by atoms with van der Waals surface area (Å²) in [7, 11) is -10.0. The van der Waals surface area contributed by atoms with Gasteiger partial charge in [0.1, 0.15) is 0 Å². The molecule has 0 heterocycles. The first-order valence-corrected chi connectivity index (χ1v) is 9.33. The Hall–Kier alpha value is -1.74. The van der Waals surface area contributed by atoms with Crippen LogP contribution in [0.4, 0.5) is 0 Å². The molecule has 0 radical (unpaired) electrons. The van der Waals surface area contributed by atoms with Crippen molar-refractivity contribution in [2.75, 3.05) is 0 Å². The topological polar surface area (TPSA) is 109 Å². The average Bonchev–Trinajstić information content (AvgIpc) is 2.75. The van der Waals surface area contributed by atoms with Gasteiger partial charge in [0.15, 0.2) is 0 Å². The van der Waals surface area contributed by atoms with Crippen LogP contribution in [0, 0.1) is 0 Å². The fourth-order valence-electron chi connectivity index (χ4n) is 2.88. The Morgan fingerprint density at radius 3 is 2.05 bits per heavy atom. The van der Waals surface area contributed by atoms with Gasteiger partial charge in [0.2, 0.25) is 4.58 Å². The lowest BCUT2D eigenvalue weighted by atomic mass is 10.0. The minimum absolute atomic E-state index is 0.126. The third kappa shape index (κ3) is 2.44. The van der Waals surface area contributed by atoms with Gasteiger partial charge >= 0.3 is 0 Å². The van der Waals surface area contributed by atoms with Crippen molar-refractivity contribution >= 4 is 20.2 Å². The third-order valence-electron chi connectivity index (χ3n) is 3.68. The van der Waals surface area contributed by atoms with E-state index in [4.69, 9.17) is 0 Å². The van der Waals surface area contributed by atoms with Gasteiger partial charge in [-0.25, -0.2) is 0 Å². The summed E-state index contributed by atoms with van der Waals surface area (Å²) in [4.78, 5) is 0. The van der Waals surface area contributed by atoms with Crippen molar-refractivity contribution in [1.29, 1.82) is 0 Å². The van der Waals surface area contributed by atoms with Crippen molar-refractivity contribution in [2.45, 2.75) is 11.0 Å². The molecule has 0 aliphatic heterocycles. The molecule has 0 saturated carbocycles. The molecule has 8 heteroatoms. The van der Waals surface area contributed by atoms with Gasteiger partial charge < -0.3 is 0 Å². The van der Waals surface area contributed by atoms with Gasteiger partial charge in [0.25, 0.3) is 20.2 Å². The molecule has 0 amide bonds. The summed E-state index contributed by atoms with van der Waals surface area (Å²) >= 11 is 0. The van der Waals surface area contributed by atoms with E-state index in [9.17, 15) is 25.9 Å². The van der Waals surface area contributed by atoms with Crippen molar-refractivity contribution < 1.29 is 25.9 Å². The van der Waals surface area contributed by atoms with Crippen LogP contribution in [-0.4, -0.2) is 25.9 Å². The second-order valence-electron chi connectivity index (χ2n) is 5.07. The van der Waals surface area contributed by atoms with Crippen LogP contribution in [0.1, 0.15) is 21.3 Å². The Kier molecular flexibility index (Phi) is 3.37. The molecule has 0 atom stereocenters. The lowest BCUT2D eigenvalue weighted by Gasteiger charge is -2.15. The molecule has 0 unspecified atom stereocenters. The van der Waals surface area contributed by atoms with Gasteiger partial charge in [-0.05, 0) is 34.2 Å². The van der Waals surface area contributed by atoms with Crippen molar-refractivity contribution in [3.8, 4) is 11.1 Å². The molecular formula is C14H12O6S2. The summed E-state index contributed by atoms with van der Waals surface area (Å²) < 4.78 is 62.0. The fourth-order valence-corrected chi connectivity index (χ4v) is 5.19. The SMILES string of the molecule is O=S(=O)(O)C(c1cccc2c1Cc1ccccc1-2)S(=O)(=O)O. The molecule has 0 fully saturated rings. The molecule has 1 aliphatic carbocycles. The molecule has 2 N–H and O–H groups in total. The summed E-state index contributed by atoms with van der Waals surface area (Å²) in [6.07, 6.45) is 0.337. The van der Waals surface area contributed by atoms with E-state index in [2.05, 4.69) is 0 Å². The van der Waals surface area contributed by atoms with E-state index < -0.39 is 24.8 Å². The van der Waals surface area contributed by atoms with Crippen molar-refractivity contribution in [1.82, 2.24) is 0 Å². The summed E-state index contributed by atoms with van der Waals surface area (Å²) in [5.41, 5.74) is 2.85. The maximum atomic E-state index is 11.5. The smallest absolute Gasteiger partial charge is 0.284 e. The van der Waals surface area contributed by atoms with E-state index in [1.807, 2.05) is 24.3 Å². The highest BCUT2D eigenvalue weighted by atomic mass is 32.3. The molecule has 6 nitrogen and oxygen atoms in total. The van der Waals surface area contributed by atoms with Crippen LogP contribution in [0.3, 0.4) is 0 Å². The molecule has 1 aliphatic rings. The van der Waals surface area contributed by atoms with Gasteiger partial charge in [-0.1, -0.05) is 42.5 Å². The quantitative estimate of drug-likeness (QED) is 0.706. The predicted molar refractivity (Wildman–Crippen MR) is 80.5 cm³/mol. The zero-order valence-corrected chi connectivity index (χ0v) is 12.8. The summed E-state index contributed by atoms with van der Waals surface area (Å²) in [5, 5.41) is 0. The average molecular weight is 340 g/mol. The number of fused-ring (bicyclic) bond motifs is 3. The molecule has 0 saturated heterocycles. The minimum atomic E-state index is -5.02. The largest absolute Gasteiger partial charge is 0.289 e. The van der Waals surface area contributed by atoms with Crippen LogP contribution in [0.5, 0.6) is 0 Å². The Bertz CT molecular complexity index is 929. The Morgan fingerprint density at radius 1 is 0.818 bits per heavy atom. The maximum absolute atomic E-state index is 11.5. The van der Waals surface area contributed by atoms with Gasteiger partial charge in [0.05, 0.1) is 0 Å². The Balaban J connectivity index is 2.28. The van der Waals surface area contributed by atoms with Crippen LogP contribution >= 0.6 is 0 Å². The van der Waals surface area contributed by atoms with E-state index in [1.165, 1.54) is 12.1 Å². The Morgan fingerprint density at radius 2 is 1.41 bits per heavy atom. The summed E-state index contributed by atoms with van der Waals surface area (Å²) in [6.45, 7) is 0. The van der Waals surface area contributed by atoms with Crippen LogP contribution in [0.25, 0.3) is 11.1 Å². The number of rotatable bonds is 3. The molecule has 2 aromatic carbocycles. The maximum Gasteiger partial charge on any atom is 0.289 e. The van der Waals surface area contributed by atoms with E-state index >= 15 is 0 Å². The fraction of sp³-hybridized carbons (Fsp3) is 0.143. The molecule has 0 spiro atoms. The highest BCUT2D eigenvalue weighted by Gasteiger charge is 2.40. The van der Waals surface area contributed by atoms with Gasteiger partial charge in [0, 0.05) is 0 Å². The molecule has 0 aromatic heterocycles. The van der Waals surface area contributed by atoms with E-state index in [0.29, 0.717) is 17.5 Å². The third-order valence-corrected chi connectivity index (χ3v) is 6.73. The van der Waals surface area contributed by atoms with E-state index in [-0.39, 0.29) is 5.56 Å². The van der Waals surface area contributed by atoms with Gasteiger partial charge in [-0.2, -0.15) is 16.8 Å². The molecule has 22 heavy (non-hydrogen) atoms. The first kappa shape index (κ1) is 15.2. The summed E-state index contributed by atoms with van der Waals surface area (Å²) in [5.74, 6) is 0. The molecular weight excluding hydrogens is 328 g/mol. The summed E-state index contributed by atoms with van der Waals surface area (Å²) in [6, 6.07) is 11.9. The monoisotopic (exact) mass is 340 g/mol. The number of benzene rings is 2. The van der Waals surface area contributed by atoms with Crippen LogP contribution in [-0.2, 0) is 26.7 Å². The van der Waals surface area contributed by atoms with Crippen LogP contribution in [0.15, 0.2) is 42.5 Å². The molecule has 116 valence electrons. The van der Waals surface area contributed by atoms with E-state index in [0.717, 1.165) is 11.1 Å². The van der Waals surface area contributed by atoms with Crippen LogP contribution < -0.4 is 0 Å². The number of hydrogen-bond acceptors (Lipinski definition) is 4. The highest BCUT2D eigenvalue weighted by Crippen LogP contribution is 2.42. The molecule has 0 bridgehead atoms. The van der Waals surface area contributed by atoms with Gasteiger partial charge in [-0.15, -0.1) is 0 Å². The van der Waals surface area contributed by atoms with E-state index in [1.54, 1.807) is 6.07 Å². The van der Waals surface area contributed by atoms with Crippen molar-refractivity contribution in [2.24, 2.45) is 0 Å². The Labute approximate surface area is 127 Å². The molecule has 3 rings (SSSR count). The lowest BCUT2D eigenvalue weighted by Crippen LogP contribution is -2.22. The predicted octanol–water partition coefficient (Wildman–Crippen LogP) is 2.03. The number of hydrogen-bond donors (Lipinski definition) is 2. The zero-order chi connectivity index (χ0) is 16.1. The normalized spacial score (nSPS) is 14.0. The lowest BCUT2D eigenvalue weighted by molar-refractivity contribution is 0.456.